The number of methoxy groups -OCH3 is 1. The molecule has 1 aliphatic rings. The first-order valence-corrected chi connectivity index (χ1v) is 5.43. The number of benzene rings is 1. The van der Waals surface area contributed by atoms with Gasteiger partial charge in [0.1, 0.15) is 5.82 Å². The largest absolute Gasteiger partial charge is 0.468 e. The lowest BCUT2D eigenvalue weighted by Gasteiger charge is -2.13. The lowest BCUT2D eigenvalue weighted by Crippen LogP contribution is -2.23. The third-order valence-electron chi connectivity index (χ3n) is 2.77. The molecule has 15 heavy (non-hydrogen) atoms. The summed E-state index contributed by atoms with van der Waals surface area (Å²) in [6.07, 6.45) is 1.32. The van der Waals surface area contributed by atoms with E-state index in [2.05, 4.69) is 15.9 Å². The number of halogens is 2. The molecule has 80 valence electrons. The topological polar surface area (TPSA) is 26.3 Å². The molecule has 0 amide bonds. The van der Waals surface area contributed by atoms with Crippen molar-refractivity contribution in [3.05, 3.63) is 34.1 Å². The van der Waals surface area contributed by atoms with Crippen molar-refractivity contribution in [3.63, 3.8) is 0 Å². The van der Waals surface area contributed by atoms with Gasteiger partial charge in [-0.15, -0.1) is 0 Å². The van der Waals surface area contributed by atoms with Crippen molar-refractivity contribution in [2.24, 2.45) is 0 Å². The van der Waals surface area contributed by atoms with E-state index >= 15 is 0 Å². The predicted molar refractivity (Wildman–Crippen MR) is 57.0 cm³/mol. The van der Waals surface area contributed by atoms with E-state index in [9.17, 15) is 9.18 Å². The monoisotopic (exact) mass is 272 g/mol. The highest BCUT2D eigenvalue weighted by molar-refractivity contribution is 9.10. The van der Waals surface area contributed by atoms with Crippen LogP contribution in [0.25, 0.3) is 0 Å². The Labute approximate surface area is 95.6 Å². The summed E-state index contributed by atoms with van der Waals surface area (Å²) in [6.45, 7) is 0. The second-order valence-electron chi connectivity index (χ2n) is 3.70. The molecule has 1 aromatic rings. The molecule has 1 aromatic carbocycles. The molecule has 0 N–H and O–H groups in total. The van der Waals surface area contributed by atoms with Gasteiger partial charge in [-0.2, -0.15) is 0 Å². The number of carbonyl (C=O) groups is 1. The smallest absolute Gasteiger partial charge is 0.316 e. The predicted octanol–water partition coefficient (Wildman–Crippen LogP) is 2.79. The number of esters is 1. The van der Waals surface area contributed by atoms with Crippen LogP contribution in [0.5, 0.6) is 0 Å². The van der Waals surface area contributed by atoms with Crippen LogP contribution >= 0.6 is 15.9 Å². The minimum atomic E-state index is -0.734. The van der Waals surface area contributed by atoms with E-state index in [0.29, 0.717) is 18.4 Å². The highest BCUT2D eigenvalue weighted by atomic mass is 79.9. The Morgan fingerprint density at radius 1 is 1.53 bits per heavy atom. The molecule has 0 heterocycles. The lowest BCUT2D eigenvalue weighted by molar-refractivity contribution is -0.143. The van der Waals surface area contributed by atoms with Crippen LogP contribution in [0.2, 0.25) is 0 Å². The molecule has 0 spiro atoms. The highest BCUT2D eigenvalue weighted by Crippen LogP contribution is 2.50. The van der Waals surface area contributed by atoms with Gasteiger partial charge < -0.3 is 4.74 Å². The van der Waals surface area contributed by atoms with Gasteiger partial charge in [0.2, 0.25) is 0 Å². The van der Waals surface area contributed by atoms with Crippen molar-refractivity contribution >= 4 is 21.9 Å². The lowest BCUT2D eigenvalue weighted by atomic mass is 9.96. The van der Waals surface area contributed by atoms with Crippen LogP contribution in [0.4, 0.5) is 4.39 Å². The highest BCUT2D eigenvalue weighted by Gasteiger charge is 2.54. The van der Waals surface area contributed by atoms with E-state index < -0.39 is 5.41 Å². The summed E-state index contributed by atoms with van der Waals surface area (Å²) in [7, 11) is 1.33. The summed E-state index contributed by atoms with van der Waals surface area (Å²) in [5, 5.41) is 0. The summed E-state index contributed by atoms with van der Waals surface area (Å²) in [6, 6.07) is 4.63. The first kappa shape index (κ1) is 10.6. The fourth-order valence-electron chi connectivity index (χ4n) is 1.77. The second-order valence-corrected chi connectivity index (χ2v) is 4.61. The molecule has 0 aromatic heterocycles. The van der Waals surface area contributed by atoms with Crippen LogP contribution in [0, 0.1) is 5.82 Å². The van der Waals surface area contributed by atoms with Gasteiger partial charge in [0.15, 0.2) is 0 Å². The van der Waals surface area contributed by atoms with E-state index in [0.717, 1.165) is 4.47 Å². The first-order chi connectivity index (χ1) is 7.10. The molecule has 2 nitrogen and oxygen atoms in total. The Bertz CT molecular complexity index is 413. The third-order valence-corrected chi connectivity index (χ3v) is 3.26. The van der Waals surface area contributed by atoms with Crippen molar-refractivity contribution < 1.29 is 13.9 Å². The van der Waals surface area contributed by atoms with Gasteiger partial charge >= 0.3 is 5.97 Å². The fraction of sp³-hybridized carbons (Fsp3) is 0.364. The van der Waals surface area contributed by atoms with Gasteiger partial charge in [-0.3, -0.25) is 4.79 Å². The third kappa shape index (κ3) is 1.67. The Morgan fingerprint density at radius 3 is 2.73 bits per heavy atom. The summed E-state index contributed by atoms with van der Waals surface area (Å²) in [5.74, 6) is -0.694. The van der Waals surface area contributed by atoms with Crippen LogP contribution in [-0.4, -0.2) is 13.1 Å². The Kier molecular flexibility index (Phi) is 2.54. The Balaban J connectivity index is 2.45. The molecule has 0 unspecified atom stereocenters. The van der Waals surface area contributed by atoms with Crippen LogP contribution in [0.15, 0.2) is 22.7 Å². The van der Waals surface area contributed by atoms with Crippen LogP contribution in [0.1, 0.15) is 18.4 Å². The number of carbonyl (C=O) groups excluding carboxylic acids is 1. The first-order valence-electron chi connectivity index (χ1n) is 4.64. The van der Waals surface area contributed by atoms with Crippen LogP contribution in [-0.2, 0) is 14.9 Å². The standard InChI is InChI=1S/C11H10BrFO2/c1-15-10(14)11(4-5-11)8-6-7(12)2-3-9(8)13/h2-3,6H,4-5H2,1H3. The maximum Gasteiger partial charge on any atom is 0.316 e. The zero-order valence-corrected chi connectivity index (χ0v) is 9.80. The molecular weight excluding hydrogens is 263 g/mol. The second kappa shape index (κ2) is 3.59. The minimum Gasteiger partial charge on any atom is -0.468 e. The molecule has 1 fully saturated rings. The number of hydrogen-bond donors (Lipinski definition) is 0. The quantitative estimate of drug-likeness (QED) is 0.774. The van der Waals surface area contributed by atoms with Crippen molar-refractivity contribution in [1.29, 1.82) is 0 Å². The summed E-state index contributed by atoms with van der Waals surface area (Å²) in [5.41, 5.74) is -0.300. The minimum absolute atomic E-state index is 0.346. The fourth-order valence-corrected chi connectivity index (χ4v) is 2.13. The molecule has 0 aliphatic heterocycles. The van der Waals surface area contributed by atoms with Crippen LogP contribution < -0.4 is 0 Å². The van der Waals surface area contributed by atoms with Crippen molar-refractivity contribution in [3.8, 4) is 0 Å². The molecule has 1 aliphatic carbocycles. The van der Waals surface area contributed by atoms with Crippen LogP contribution in [0.3, 0.4) is 0 Å². The van der Waals surface area contributed by atoms with Gasteiger partial charge in [0, 0.05) is 10.0 Å². The van der Waals surface area contributed by atoms with Crippen molar-refractivity contribution in [2.45, 2.75) is 18.3 Å². The zero-order chi connectivity index (χ0) is 11.1. The molecule has 0 atom stereocenters. The SMILES string of the molecule is COC(=O)C1(c2cc(Br)ccc2F)CC1. The van der Waals surface area contributed by atoms with Crippen molar-refractivity contribution in [1.82, 2.24) is 0 Å². The zero-order valence-electron chi connectivity index (χ0n) is 8.22. The van der Waals surface area contributed by atoms with Gasteiger partial charge in [-0.05, 0) is 31.0 Å². The number of hydrogen-bond acceptors (Lipinski definition) is 2. The molecule has 2 rings (SSSR count). The summed E-state index contributed by atoms with van der Waals surface area (Å²) >= 11 is 3.27. The average molecular weight is 273 g/mol. The molecule has 1 saturated carbocycles. The molecule has 0 saturated heterocycles. The molecule has 0 bridgehead atoms. The van der Waals surface area contributed by atoms with E-state index in [4.69, 9.17) is 4.74 Å². The molecule has 4 heteroatoms. The van der Waals surface area contributed by atoms with E-state index in [-0.39, 0.29) is 11.8 Å². The van der Waals surface area contributed by atoms with Gasteiger partial charge in [-0.25, -0.2) is 4.39 Å². The average Bonchev–Trinajstić information content (AvgIpc) is 3.01. The maximum atomic E-state index is 13.6. The Morgan fingerprint density at radius 2 is 2.20 bits per heavy atom. The van der Waals surface area contributed by atoms with E-state index in [1.807, 2.05) is 0 Å². The van der Waals surface area contributed by atoms with E-state index in [1.54, 1.807) is 12.1 Å². The number of rotatable bonds is 2. The normalized spacial score (nSPS) is 17.3. The van der Waals surface area contributed by atoms with Gasteiger partial charge in [0.25, 0.3) is 0 Å². The van der Waals surface area contributed by atoms with E-state index in [1.165, 1.54) is 13.2 Å². The molecule has 0 radical (unpaired) electrons. The maximum absolute atomic E-state index is 13.6. The summed E-state index contributed by atoms with van der Waals surface area (Å²) < 4.78 is 19.1. The molecular formula is C11H10BrFO2. The van der Waals surface area contributed by atoms with Gasteiger partial charge in [0.05, 0.1) is 12.5 Å². The summed E-state index contributed by atoms with van der Waals surface area (Å²) in [4.78, 5) is 11.6. The van der Waals surface area contributed by atoms with Crippen molar-refractivity contribution in [2.75, 3.05) is 7.11 Å². The Hall–Kier alpha value is -0.900. The van der Waals surface area contributed by atoms with Gasteiger partial charge in [-0.1, -0.05) is 15.9 Å². The number of ether oxygens (including phenoxy) is 1.